The molecule has 4 aliphatic heterocycles. The number of hydrogen-bond donors (Lipinski definition) is 0. The number of amides is 4. The molecule has 4 heterocycles. The lowest BCUT2D eigenvalue weighted by Crippen LogP contribution is -2.65. The molecule has 4 aliphatic rings. The fourth-order valence-electron chi connectivity index (χ4n) is 10.8. The lowest BCUT2D eigenvalue weighted by Gasteiger charge is -2.44. The molecule has 84 heavy (non-hydrogen) atoms. The normalized spacial score (nSPS) is 24.6. The third-order valence-corrected chi connectivity index (χ3v) is 21.7. The van der Waals surface area contributed by atoms with Crippen LogP contribution in [0.4, 0.5) is 0 Å². The second-order valence-electron chi connectivity index (χ2n) is 26.3. The Kier molecular flexibility index (Phi) is 16.5. The van der Waals surface area contributed by atoms with Gasteiger partial charge in [-0.05, 0) is 182 Å². The number of aryl methyl sites for hydroxylation is 4. The Balaban J connectivity index is 1.37. The second-order valence-corrected chi connectivity index (χ2v) is 30.8. The van der Waals surface area contributed by atoms with Crippen LogP contribution in [0.3, 0.4) is 0 Å². The zero-order chi connectivity index (χ0) is 61.4. The van der Waals surface area contributed by atoms with E-state index in [2.05, 4.69) is 0 Å². The molecule has 9 rings (SSSR count). The van der Waals surface area contributed by atoms with Crippen molar-refractivity contribution >= 4 is 74.0 Å². The largest absolute Gasteiger partial charge is 0.447 e. The molecule has 442 valence electrons. The topological polar surface area (TPSA) is 186 Å². The number of carbonyl (C=O) groups excluding carboxylic acids is 8. The monoisotopic (exact) mass is 1180 g/mol. The quantitative estimate of drug-likeness (QED) is 0.0733. The molecule has 5 aromatic rings. The summed E-state index contributed by atoms with van der Waals surface area (Å²) < 4.78 is 24.6. The molecule has 0 radical (unpaired) electrons. The number of hydrazine groups is 2. The molecule has 18 heteroatoms. The van der Waals surface area contributed by atoms with Crippen molar-refractivity contribution < 1.29 is 57.3 Å². The molecule has 0 spiro atoms. The summed E-state index contributed by atoms with van der Waals surface area (Å²) >= 11 is 0. The van der Waals surface area contributed by atoms with Crippen LogP contribution in [-0.2, 0) is 57.3 Å². The van der Waals surface area contributed by atoms with E-state index in [9.17, 15) is 19.2 Å². The SMILES string of the molecule is Cc1ccccc1[C@H]1N2C(=O)C(OC(=O)C(C)(C)C)[C@@H](OC(=O)C(C)(C)C)C(=O)N2[C@H](c2ccccc2C)P1c1ccccc1P1[C@@H](c2ccccc2C)N2C(=O)C(OC(=O)C(C)(C)C)[C@@H](OC(=O)C(C)(C)C)C(=O)N2[C@@H]1c1ccccc1C. The Morgan fingerprint density at radius 1 is 0.321 bits per heavy atom. The summed E-state index contributed by atoms with van der Waals surface area (Å²) in [6.45, 7) is 27.3. The van der Waals surface area contributed by atoms with Gasteiger partial charge in [0.15, 0.2) is 0 Å². The highest BCUT2D eigenvalue weighted by atomic mass is 31.1. The Morgan fingerprint density at radius 2 is 0.500 bits per heavy atom. The number of benzene rings is 5. The predicted octanol–water partition coefficient (Wildman–Crippen LogP) is 11.0. The maximum atomic E-state index is 16.2. The van der Waals surface area contributed by atoms with Gasteiger partial charge in [-0.15, -0.1) is 0 Å². The molecule has 0 aliphatic carbocycles. The summed E-state index contributed by atoms with van der Waals surface area (Å²) in [7, 11) is -4.04. The minimum absolute atomic E-state index is 0.690. The van der Waals surface area contributed by atoms with Gasteiger partial charge in [0, 0.05) is 0 Å². The summed E-state index contributed by atoms with van der Waals surface area (Å²) in [5.41, 5.74) is 1.33. The highest BCUT2D eigenvalue weighted by Crippen LogP contribution is 2.74. The third kappa shape index (κ3) is 11.0. The number of ether oxygens (including phenoxy) is 4. The van der Waals surface area contributed by atoms with Crippen molar-refractivity contribution in [1.82, 2.24) is 20.0 Å². The standard InChI is InChI=1S/C66H76N4O12P2/c1-37-27-17-21-31-41(37)55-67-51(71)47(79-59(75)63(5,6)7)48(80-60(76)64(8,9)10)52(72)68(67)56(42-32-22-18-28-38(42)2)83(55)45-35-25-26-36-46(45)84-57(43-33-23-19-29-39(43)3)69-53(73)49(81-61(77)65(11,12)13)50(82-62(78)66(14,15)16)54(74)70(69)58(84)44-34-24-20-30-40(44)4/h17-36,47-50,55-58H,1-16H3/t47-,48?,49-,50?,55+,56+,57+,58+,83?,84?/m1/s1. The molecular formula is C66H76N4O12P2. The Morgan fingerprint density at radius 3 is 0.679 bits per heavy atom. The number of rotatable bonds is 10. The van der Waals surface area contributed by atoms with Crippen molar-refractivity contribution in [2.24, 2.45) is 21.7 Å². The highest BCUT2D eigenvalue weighted by molar-refractivity contribution is 7.73. The van der Waals surface area contributed by atoms with Gasteiger partial charge in [-0.3, -0.25) is 38.4 Å². The van der Waals surface area contributed by atoms with Crippen LogP contribution in [0.15, 0.2) is 121 Å². The summed E-state index contributed by atoms with van der Waals surface area (Å²) in [5.74, 6) is -10.2. The molecule has 4 amide bonds. The maximum absolute atomic E-state index is 16.2. The first kappa shape index (κ1) is 61.3. The fraction of sp³-hybridized carbons (Fsp3) is 0.424. The van der Waals surface area contributed by atoms with Crippen LogP contribution in [0.2, 0.25) is 0 Å². The van der Waals surface area contributed by atoms with Gasteiger partial charge in [0.25, 0.3) is 23.6 Å². The number of nitrogens with zero attached hydrogens (tertiary/aromatic N) is 4. The van der Waals surface area contributed by atoms with Crippen LogP contribution in [-0.4, -0.2) is 92.0 Å². The Bertz CT molecular complexity index is 3050. The van der Waals surface area contributed by atoms with E-state index in [1.165, 1.54) is 20.0 Å². The van der Waals surface area contributed by atoms with Crippen LogP contribution in [0.5, 0.6) is 0 Å². The van der Waals surface area contributed by atoms with Crippen molar-refractivity contribution in [2.45, 2.75) is 158 Å². The third-order valence-electron chi connectivity index (χ3n) is 15.6. The summed E-state index contributed by atoms with van der Waals surface area (Å²) in [6.07, 6.45) is -7.56. The zero-order valence-electron chi connectivity index (χ0n) is 50.7. The van der Waals surface area contributed by atoms with Gasteiger partial charge >= 0.3 is 23.9 Å². The number of carbonyl (C=O) groups is 8. The Labute approximate surface area is 494 Å². The molecule has 0 aromatic heterocycles. The van der Waals surface area contributed by atoms with E-state index in [0.717, 1.165) is 22.3 Å². The van der Waals surface area contributed by atoms with E-state index < -0.39 is 133 Å². The van der Waals surface area contributed by atoms with E-state index >= 15 is 19.2 Å². The van der Waals surface area contributed by atoms with E-state index in [-0.39, 0.29) is 0 Å². The van der Waals surface area contributed by atoms with E-state index in [4.69, 9.17) is 18.9 Å². The molecule has 5 aromatic carbocycles. The van der Waals surface area contributed by atoms with Gasteiger partial charge in [-0.2, -0.15) is 0 Å². The van der Waals surface area contributed by atoms with Gasteiger partial charge < -0.3 is 18.9 Å². The molecule has 0 N–H and O–H groups in total. The summed E-state index contributed by atoms with van der Waals surface area (Å²) in [6, 6.07) is 38.2. The summed E-state index contributed by atoms with van der Waals surface area (Å²) in [4.78, 5) is 121. The number of esters is 4. The van der Waals surface area contributed by atoms with Gasteiger partial charge in [0.1, 0.15) is 23.1 Å². The maximum Gasteiger partial charge on any atom is 0.312 e. The smallest absolute Gasteiger partial charge is 0.312 e. The van der Waals surface area contributed by atoms with E-state index in [0.29, 0.717) is 32.9 Å². The molecular weight excluding hydrogens is 1100 g/mol. The minimum atomic E-state index is -2.02. The molecule has 4 fully saturated rings. The van der Waals surface area contributed by atoms with Crippen LogP contribution >= 0.6 is 15.8 Å². The lowest BCUT2D eigenvalue weighted by atomic mass is 9.96. The van der Waals surface area contributed by atoms with Crippen molar-refractivity contribution in [3.63, 3.8) is 0 Å². The summed E-state index contributed by atoms with van der Waals surface area (Å²) in [5, 5.41) is 7.13. The molecule has 16 nitrogen and oxygen atoms in total. The van der Waals surface area contributed by atoms with Crippen molar-refractivity contribution in [3.8, 4) is 0 Å². The van der Waals surface area contributed by atoms with Gasteiger partial charge in [-0.25, -0.2) is 20.0 Å². The van der Waals surface area contributed by atoms with Gasteiger partial charge in [-0.1, -0.05) is 121 Å². The van der Waals surface area contributed by atoms with Crippen LogP contribution in [0.1, 0.15) is 151 Å². The van der Waals surface area contributed by atoms with Crippen LogP contribution in [0.25, 0.3) is 0 Å². The first-order valence-corrected chi connectivity index (χ1v) is 31.3. The van der Waals surface area contributed by atoms with Gasteiger partial charge in [0.2, 0.25) is 24.4 Å². The predicted molar refractivity (Wildman–Crippen MR) is 320 cm³/mol. The molecule has 4 saturated heterocycles. The highest BCUT2D eigenvalue weighted by Gasteiger charge is 2.66. The number of fused-ring (bicyclic) bond motifs is 2. The van der Waals surface area contributed by atoms with Crippen LogP contribution in [0, 0.1) is 49.4 Å². The first-order valence-electron chi connectivity index (χ1n) is 28.3. The number of hydrogen-bond acceptors (Lipinski definition) is 12. The average Bonchev–Trinajstić information content (AvgIpc) is 1.58. The molecule has 4 unspecified atom stereocenters. The van der Waals surface area contributed by atoms with Crippen LogP contribution < -0.4 is 10.6 Å². The van der Waals surface area contributed by atoms with Gasteiger partial charge in [0.05, 0.1) is 21.7 Å². The fourth-order valence-corrected chi connectivity index (χ4v) is 18.5. The molecule has 10 atom stereocenters. The first-order chi connectivity index (χ1) is 39.3. The molecule has 0 bridgehead atoms. The molecule has 0 saturated carbocycles. The van der Waals surface area contributed by atoms with Crippen molar-refractivity contribution in [1.29, 1.82) is 0 Å². The Hall–Kier alpha value is -7.28. The van der Waals surface area contributed by atoms with E-state index in [1.54, 1.807) is 83.1 Å². The second kappa shape index (κ2) is 22.6. The lowest BCUT2D eigenvalue weighted by molar-refractivity contribution is -0.212. The minimum Gasteiger partial charge on any atom is -0.447 e. The zero-order valence-corrected chi connectivity index (χ0v) is 52.5. The van der Waals surface area contributed by atoms with E-state index in [1.807, 2.05) is 149 Å². The van der Waals surface area contributed by atoms with Crippen molar-refractivity contribution in [2.75, 3.05) is 0 Å². The van der Waals surface area contributed by atoms with Crippen molar-refractivity contribution in [3.05, 3.63) is 166 Å². The average molecular weight is 1180 g/mol.